The molecule has 0 spiro atoms. The average molecular weight is 207 g/mol. The second-order valence-corrected chi connectivity index (χ2v) is 2.75. The van der Waals surface area contributed by atoms with Gasteiger partial charge in [0.1, 0.15) is 5.69 Å². The number of aryl methyl sites for hydroxylation is 1. The molecule has 0 fully saturated rings. The first-order valence-corrected chi connectivity index (χ1v) is 3.97. The van der Waals surface area contributed by atoms with Gasteiger partial charge in [-0.1, -0.05) is 0 Å². The summed E-state index contributed by atoms with van der Waals surface area (Å²) in [6, 6.07) is 1.68. The molecule has 0 atom stereocenters. The number of nitrogens with two attached hydrogens (primary N) is 1. The summed E-state index contributed by atoms with van der Waals surface area (Å²) >= 11 is 0. The summed E-state index contributed by atoms with van der Waals surface area (Å²) < 4.78 is 6.37. The second kappa shape index (κ2) is 6.19. The first-order valence-electron chi connectivity index (χ1n) is 3.97. The number of rotatable bonds is 4. The predicted octanol–water partition coefficient (Wildman–Crippen LogP) is -0.941. The summed E-state index contributed by atoms with van der Waals surface area (Å²) in [5, 5.41) is 4.11. The maximum atomic E-state index is 10.8. The van der Waals surface area contributed by atoms with Crippen LogP contribution in [0.2, 0.25) is 0 Å². The van der Waals surface area contributed by atoms with E-state index in [1.165, 1.54) is 4.68 Å². The molecule has 0 radical (unpaired) electrons. The molecule has 0 unspecified atom stereocenters. The standard InChI is InChI=1S/C8H13N3O2.Na.H/c1-11-7(8(9)12)5-6(10-11)3-4-13-2;;/h5H,3-4H2,1-2H3,(H2,9,12);;. The van der Waals surface area contributed by atoms with Crippen molar-refractivity contribution in [3.63, 3.8) is 0 Å². The quantitative estimate of drug-likeness (QED) is 0.648. The first-order chi connectivity index (χ1) is 6.15. The number of carbonyl (C=O) groups is 1. The van der Waals surface area contributed by atoms with Crippen LogP contribution in [0.4, 0.5) is 0 Å². The predicted molar refractivity (Wildman–Crippen MR) is 54.5 cm³/mol. The fourth-order valence-corrected chi connectivity index (χ4v) is 1.09. The van der Waals surface area contributed by atoms with Gasteiger partial charge in [0.2, 0.25) is 0 Å². The van der Waals surface area contributed by atoms with E-state index in [4.69, 9.17) is 10.5 Å². The van der Waals surface area contributed by atoms with Crippen molar-refractivity contribution in [3.05, 3.63) is 17.5 Å². The van der Waals surface area contributed by atoms with Gasteiger partial charge in [0, 0.05) is 20.6 Å². The van der Waals surface area contributed by atoms with E-state index in [-0.39, 0.29) is 29.6 Å². The fraction of sp³-hybridized carbons (Fsp3) is 0.500. The fourth-order valence-electron chi connectivity index (χ4n) is 1.09. The second-order valence-electron chi connectivity index (χ2n) is 2.75. The minimum atomic E-state index is -0.460. The van der Waals surface area contributed by atoms with Gasteiger partial charge in [-0.3, -0.25) is 9.48 Å². The van der Waals surface area contributed by atoms with Crippen molar-refractivity contribution in [3.8, 4) is 0 Å². The summed E-state index contributed by atoms with van der Waals surface area (Å²) in [5.74, 6) is -0.460. The van der Waals surface area contributed by atoms with Gasteiger partial charge in [-0.15, -0.1) is 0 Å². The van der Waals surface area contributed by atoms with E-state index in [9.17, 15) is 4.79 Å². The Morgan fingerprint density at radius 3 is 2.79 bits per heavy atom. The SMILES string of the molecule is COCCc1cc(C(N)=O)n(C)n1.[NaH]. The van der Waals surface area contributed by atoms with Gasteiger partial charge >= 0.3 is 29.6 Å². The Balaban J connectivity index is 0.00000169. The number of carbonyl (C=O) groups excluding carboxylic acids is 1. The van der Waals surface area contributed by atoms with Crippen LogP contribution < -0.4 is 5.73 Å². The third-order valence-corrected chi connectivity index (χ3v) is 1.75. The molecule has 1 amide bonds. The molecule has 74 valence electrons. The van der Waals surface area contributed by atoms with E-state index in [0.29, 0.717) is 18.7 Å². The average Bonchev–Trinajstić information content (AvgIpc) is 2.43. The van der Waals surface area contributed by atoms with Crippen LogP contribution in [0.25, 0.3) is 0 Å². The van der Waals surface area contributed by atoms with Crippen molar-refractivity contribution >= 4 is 35.5 Å². The molecule has 14 heavy (non-hydrogen) atoms. The summed E-state index contributed by atoms with van der Waals surface area (Å²) in [4.78, 5) is 10.8. The zero-order chi connectivity index (χ0) is 9.84. The van der Waals surface area contributed by atoms with Crippen molar-refractivity contribution in [2.45, 2.75) is 6.42 Å². The number of hydrogen-bond donors (Lipinski definition) is 1. The summed E-state index contributed by atoms with van der Waals surface area (Å²) in [6.07, 6.45) is 0.692. The molecule has 0 aliphatic carbocycles. The molecule has 0 aliphatic heterocycles. The van der Waals surface area contributed by atoms with Crippen molar-refractivity contribution in [2.24, 2.45) is 12.8 Å². The Morgan fingerprint density at radius 1 is 1.71 bits per heavy atom. The molecule has 2 N–H and O–H groups in total. The number of amides is 1. The number of primary amides is 1. The monoisotopic (exact) mass is 207 g/mol. The molecule has 0 saturated heterocycles. The molecule has 1 heterocycles. The number of ether oxygens (including phenoxy) is 1. The molecular weight excluding hydrogens is 193 g/mol. The third kappa shape index (κ3) is 3.42. The van der Waals surface area contributed by atoms with E-state index in [0.717, 1.165) is 5.69 Å². The van der Waals surface area contributed by atoms with Crippen molar-refractivity contribution in [1.82, 2.24) is 9.78 Å². The van der Waals surface area contributed by atoms with Crippen LogP contribution >= 0.6 is 0 Å². The van der Waals surface area contributed by atoms with Gasteiger partial charge in [0.15, 0.2) is 0 Å². The summed E-state index contributed by atoms with van der Waals surface area (Å²) in [6.45, 7) is 0.592. The zero-order valence-electron chi connectivity index (χ0n) is 7.78. The molecule has 1 aromatic heterocycles. The van der Waals surface area contributed by atoms with Gasteiger partial charge in [0.05, 0.1) is 12.3 Å². The van der Waals surface area contributed by atoms with Gasteiger partial charge in [-0.25, -0.2) is 0 Å². The normalized spacial score (nSPS) is 9.57. The van der Waals surface area contributed by atoms with Crippen molar-refractivity contribution < 1.29 is 9.53 Å². The Bertz CT molecular complexity index is 312. The van der Waals surface area contributed by atoms with E-state index in [1.807, 2.05) is 0 Å². The minimum absolute atomic E-state index is 0. The number of nitrogens with zero attached hydrogens (tertiary/aromatic N) is 2. The number of hydrogen-bond acceptors (Lipinski definition) is 3. The van der Waals surface area contributed by atoms with Crippen LogP contribution in [0.1, 0.15) is 16.2 Å². The summed E-state index contributed by atoms with van der Waals surface area (Å²) in [7, 11) is 3.31. The third-order valence-electron chi connectivity index (χ3n) is 1.75. The van der Waals surface area contributed by atoms with Gasteiger partial charge in [-0.2, -0.15) is 5.10 Å². The summed E-state index contributed by atoms with van der Waals surface area (Å²) in [5.41, 5.74) is 6.37. The van der Waals surface area contributed by atoms with Crippen LogP contribution in [-0.4, -0.2) is 59.0 Å². The molecule has 5 nitrogen and oxygen atoms in total. The molecule has 0 saturated carbocycles. The molecule has 0 aliphatic rings. The number of methoxy groups -OCH3 is 1. The molecule has 0 aromatic carbocycles. The van der Waals surface area contributed by atoms with Crippen LogP contribution in [-0.2, 0) is 18.2 Å². The van der Waals surface area contributed by atoms with E-state index < -0.39 is 5.91 Å². The zero-order valence-corrected chi connectivity index (χ0v) is 7.78. The van der Waals surface area contributed by atoms with Crippen molar-refractivity contribution in [2.75, 3.05) is 13.7 Å². The van der Waals surface area contributed by atoms with E-state index in [2.05, 4.69) is 5.10 Å². The maximum absolute atomic E-state index is 10.8. The van der Waals surface area contributed by atoms with Gasteiger partial charge in [-0.05, 0) is 6.07 Å². The molecule has 1 aromatic rings. The van der Waals surface area contributed by atoms with Crippen LogP contribution in [0.5, 0.6) is 0 Å². The molecular formula is C8H14N3NaO2. The van der Waals surface area contributed by atoms with Crippen LogP contribution in [0, 0.1) is 0 Å². The Hall–Kier alpha value is -0.360. The Kier molecular flexibility index (Phi) is 6.03. The Labute approximate surface area is 105 Å². The first kappa shape index (κ1) is 13.6. The van der Waals surface area contributed by atoms with Gasteiger partial charge < -0.3 is 10.5 Å². The van der Waals surface area contributed by atoms with Crippen molar-refractivity contribution in [1.29, 1.82) is 0 Å². The molecule has 6 heteroatoms. The van der Waals surface area contributed by atoms with Crippen LogP contribution in [0.15, 0.2) is 6.07 Å². The number of aromatic nitrogens is 2. The van der Waals surface area contributed by atoms with Crippen LogP contribution in [0.3, 0.4) is 0 Å². The topological polar surface area (TPSA) is 70.1 Å². The Morgan fingerprint density at radius 2 is 2.36 bits per heavy atom. The van der Waals surface area contributed by atoms with E-state index >= 15 is 0 Å². The van der Waals surface area contributed by atoms with Gasteiger partial charge in [0.25, 0.3) is 5.91 Å². The molecule has 1 rings (SSSR count). The van der Waals surface area contributed by atoms with E-state index in [1.54, 1.807) is 20.2 Å². The molecule has 0 bridgehead atoms.